The van der Waals surface area contributed by atoms with Gasteiger partial charge in [-0.1, -0.05) is 12.1 Å². The van der Waals surface area contributed by atoms with Crippen molar-refractivity contribution in [3.63, 3.8) is 0 Å². The van der Waals surface area contributed by atoms with Gasteiger partial charge in [-0.2, -0.15) is 0 Å². The largest absolute Gasteiger partial charge is 0.481 e. The Morgan fingerprint density at radius 3 is 2.19 bits per heavy atom. The Morgan fingerprint density at radius 2 is 1.67 bits per heavy atom. The number of amides is 1. The quantitative estimate of drug-likeness (QED) is 0.568. The number of ketones is 1. The van der Waals surface area contributed by atoms with E-state index in [1.54, 1.807) is 0 Å². The van der Waals surface area contributed by atoms with E-state index < -0.39 is 16.0 Å². The van der Waals surface area contributed by atoms with Crippen molar-refractivity contribution in [2.24, 2.45) is 5.92 Å². The molecule has 1 fully saturated rings. The molecule has 1 aliphatic carbocycles. The first-order chi connectivity index (χ1) is 12.7. The lowest BCUT2D eigenvalue weighted by Crippen LogP contribution is -2.40. The Labute approximate surface area is 158 Å². The molecule has 0 atom stereocenters. The van der Waals surface area contributed by atoms with Crippen LogP contribution in [0.3, 0.4) is 0 Å². The SMILES string of the molecule is CC(=O)c1ccc(S(=O)(=O)NCCC(=O)NC2CCC(C(=O)O)CC2)cc1. The number of hydrogen-bond acceptors (Lipinski definition) is 5. The number of Topliss-reactive ketones (excluding diaryl/α,β-unsaturated/α-hetero) is 1. The Balaban J connectivity index is 1.77. The molecule has 9 heteroatoms. The molecule has 2 rings (SSSR count). The molecule has 1 aromatic carbocycles. The third-order valence-electron chi connectivity index (χ3n) is 4.66. The van der Waals surface area contributed by atoms with Gasteiger partial charge in [0.1, 0.15) is 0 Å². The van der Waals surface area contributed by atoms with Crippen LogP contribution in [0.15, 0.2) is 29.2 Å². The fourth-order valence-electron chi connectivity index (χ4n) is 3.04. The van der Waals surface area contributed by atoms with Crippen molar-refractivity contribution in [2.75, 3.05) is 6.54 Å². The fourth-order valence-corrected chi connectivity index (χ4v) is 4.07. The van der Waals surface area contributed by atoms with Gasteiger partial charge in [0.05, 0.1) is 10.8 Å². The molecule has 0 unspecified atom stereocenters. The molecule has 3 N–H and O–H groups in total. The maximum atomic E-state index is 12.2. The zero-order chi connectivity index (χ0) is 20.0. The summed E-state index contributed by atoms with van der Waals surface area (Å²) in [6.45, 7) is 1.35. The molecule has 1 aliphatic rings. The zero-order valence-electron chi connectivity index (χ0n) is 15.1. The number of carboxylic acid groups (broad SMARTS) is 1. The van der Waals surface area contributed by atoms with Crippen LogP contribution in [0.5, 0.6) is 0 Å². The number of carbonyl (C=O) groups excluding carboxylic acids is 2. The van der Waals surface area contributed by atoms with Gasteiger partial charge in [-0.15, -0.1) is 0 Å². The molecule has 1 saturated carbocycles. The van der Waals surface area contributed by atoms with Crippen LogP contribution in [0.4, 0.5) is 0 Å². The molecule has 0 aliphatic heterocycles. The van der Waals surface area contributed by atoms with Crippen molar-refractivity contribution in [1.29, 1.82) is 0 Å². The number of hydrogen-bond donors (Lipinski definition) is 3. The van der Waals surface area contributed by atoms with Gasteiger partial charge in [0.15, 0.2) is 5.78 Å². The molecule has 1 aromatic rings. The summed E-state index contributed by atoms with van der Waals surface area (Å²) in [7, 11) is -3.75. The van der Waals surface area contributed by atoms with Gasteiger partial charge in [0, 0.05) is 24.6 Å². The normalized spacial score (nSPS) is 20.0. The predicted molar refractivity (Wildman–Crippen MR) is 97.8 cm³/mol. The van der Waals surface area contributed by atoms with Crippen molar-refractivity contribution in [1.82, 2.24) is 10.0 Å². The topological polar surface area (TPSA) is 130 Å². The minimum Gasteiger partial charge on any atom is -0.481 e. The minimum absolute atomic E-state index is 0.0103. The highest BCUT2D eigenvalue weighted by Crippen LogP contribution is 2.24. The lowest BCUT2D eigenvalue weighted by Gasteiger charge is -2.26. The average molecular weight is 396 g/mol. The van der Waals surface area contributed by atoms with Crippen LogP contribution in [0.25, 0.3) is 0 Å². The third-order valence-corrected chi connectivity index (χ3v) is 6.13. The Kier molecular flexibility index (Phi) is 7.09. The number of aliphatic carboxylic acids is 1. The lowest BCUT2D eigenvalue weighted by atomic mass is 9.86. The van der Waals surface area contributed by atoms with Crippen LogP contribution in [-0.2, 0) is 19.6 Å². The molecule has 27 heavy (non-hydrogen) atoms. The summed E-state index contributed by atoms with van der Waals surface area (Å²) in [5.41, 5.74) is 0.422. The van der Waals surface area contributed by atoms with E-state index in [9.17, 15) is 22.8 Å². The second-order valence-corrected chi connectivity index (χ2v) is 8.45. The summed E-state index contributed by atoms with van der Waals surface area (Å²) >= 11 is 0. The van der Waals surface area contributed by atoms with Crippen molar-refractivity contribution in [2.45, 2.75) is 50.0 Å². The molecule has 1 amide bonds. The molecule has 0 spiro atoms. The van der Waals surface area contributed by atoms with E-state index in [1.807, 2.05) is 0 Å². The van der Waals surface area contributed by atoms with Gasteiger partial charge in [-0.25, -0.2) is 13.1 Å². The zero-order valence-corrected chi connectivity index (χ0v) is 15.9. The van der Waals surface area contributed by atoms with Crippen LogP contribution in [-0.4, -0.2) is 43.8 Å². The van der Waals surface area contributed by atoms with Gasteiger partial charge in [-0.05, 0) is 44.7 Å². The van der Waals surface area contributed by atoms with Gasteiger partial charge < -0.3 is 10.4 Å². The highest BCUT2D eigenvalue weighted by atomic mass is 32.2. The molecule has 0 heterocycles. The third kappa shape index (κ3) is 6.14. The summed E-state index contributed by atoms with van der Waals surface area (Å²) in [5, 5.41) is 11.8. The molecular weight excluding hydrogens is 372 g/mol. The lowest BCUT2D eigenvalue weighted by molar-refractivity contribution is -0.142. The van der Waals surface area contributed by atoms with E-state index in [1.165, 1.54) is 31.2 Å². The molecular formula is C18H24N2O6S. The van der Waals surface area contributed by atoms with Crippen LogP contribution >= 0.6 is 0 Å². The molecule has 8 nitrogen and oxygen atoms in total. The number of sulfonamides is 1. The maximum Gasteiger partial charge on any atom is 0.306 e. The fraction of sp³-hybridized carbons (Fsp3) is 0.500. The maximum absolute atomic E-state index is 12.2. The molecule has 0 aromatic heterocycles. The number of nitrogens with one attached hydrogen (secondary N) is 2. The standard InChI is InChI=1S/C18H24N2O6S/c1-12(21)13-4-8-16(9-5-13)27(25,26)19-11-10-17(22)20-15-6-2-14(3-7-15)18(23)24/h4-5,8-9,14-15,19H,2-3,6-7,10-11H2,1H3,(H,20,22)(H,23,24). The van der Waals surface area contributed by atoms with E-state index in [4.69, 9.17) is 5.11 Å². The molecule has 0 saturated heterocycles. The highest BCUT2D eigenvalue weighted by molar-refractivity contribution is 7.89. The second kappa shape index (κ2) is 9.09. The first-order valence-corrected chi connectivity index (χ1v) is 10.3. The summed E-state index contributed by atoms with van der Waals surface area (Å²) in [6, 6.07) is 5.51. The van der Waals surface area contributed by atoms with Gasteiger partial charge in [-0.3, -0.25) is 14.4 Å². The number of carboxylic acids is 1. The van der Waals surface area contributed by atoms with Crippen molar-refractivity contribution in [3.05, 3.63) is 29.8 Å². The average Bonchev–Trinajstić information content (AvgIpc) is 2.62. The first kappa shape index (κ1) is 21.0. The molecule has 0 bridgehead atoms. The minimum atomic E-state index is -3.75. The number of benzene rings is 1. The second-order valence-electron chi connectivity index (χ2n) is 6.68. The summed E-state index contributed by atoms with van der Waals surface area (Å²) in [6.07, 6.45) is 2.27. The Morgan fingerprint density at radius 1 is 1.07 bits per heavy atom. The van der Waals surface area contributed by atoms with Crippen molar-refractivity contribution < 1.29 is 27.9 Å². The Bertz CT molecular complexity index is 796. The monoisotopic (exact) mass is 396 g/mol. The van der Waals surface area contributed by atoms with E-state index >= 15 is 0 Å². The van der Waals surface area contributed by atoms with Crippen molar-refractivity contribution >= 4 is 27.7 Å². The highest BCUT2D eigenvalue weighted by Gasteiger charge is 2.26. The van der Waals surface area contributed by atoms with Crippen LogP contribution in [0.1, 0.15) is 49.4 Å². The Hall–Kier alpha value is -2.26. The van der Waals surface area contributed by atoms with Gasteiger partial charge in [0.25, 0.3) is 0 Å². The summed E-state index contributed by atoms with van der Waals surface area (Å²) in [5.74, 6) is -1.57. The smallest absolute Gasteiger partial charge is 0.306 e. The van der Waals surface area contributed by atoms with Gasteiger partial charge >= 0.3 is 5.97 Å². The van der Waals surface area contributed by atoms with Crippen LogP contribution in [0.2, 0.25) is 0 Å². The van der Waals surface area contributed by atoms with Crippen LogP contribution in [0, 0.1) is 5.92 Å². The van der Waals surface area contributed by atoms with Gasteiger partial charge in [0.2, 0.25) is 15.9 Å². The molecule has 148 valence electrons. The first-order valence-electron chi connectivity index (χ1n) is 8.82. The summed E-state index contributed by atoms with van der Waals surface area (Å²) in [4.78, 5) is 34.1. The van der Waals surface area contributed by atoms with E-state index in [2.05, 4.69) is 10.0 Å². The van der Waals surface area contributed by atoms with Crippen LogP contribution < -0.4 is 10.0 Å². The summed E-state index contributed by atoms with van der Waals surface area (Å²) < 4.78 is 26.8. The molecule has 0 radical (unpaired) electrons. The number of rotatable bonds is 8. The van der Waals surface area contributed by atoms with Crippen molar-refractivity contribution in [3.8, 4) is 0 Å². The predicted octanol–water partition coefficient (Wildman–Crippen LogP) is 1.32. The van der Waals surface area contributed by atoms with E-state index in [0.29, 0.717) is 31.2 Å². The van der Waals surface area contributed by atoms with E-state index in [0.717, 1.165) is 0 Å². The number of carbonyl (C=O) groups is 3. The van der Waals surface area contributed by atoms with E-state index in [-0.39, 0.29) is 41.5 Å².